The number of aromatic nitrogens is 2. The van der Waals surface area contributed by atoms with E-state index in [-0.39, 0.29) is 30.5 Å². The molecule has 3 N–H and O–H groups in total. The number of pyridine rings is 2. The second kappa shape index (κ2) is 9.38. The highest BCUT2D eigenvalue weighted by molar-refractivity contribution is 6.06. The maximum Gasteiger partial charge on any atom is 0.244 e. The highest BCUT2D eigenvalue weighted by Crippen LogP contribution is 2.46. The summed E-state index contributed by atoms with van der Waals surface area (Å²) in [4.78, 5) is 50.8. The number of rotatable bonds is 4. The minimum Gasteiger partial charge on any atom is -0.323 e. The lowest BCUT2D eigenvalue weighted by Gasteiger charge is -2.51. The van der Waals surface area contributed by atoms with Crippen LogP contribution in [-0.2, 0) is 38.2 Å². The number of nitrogens with one attached hydrogen (secondary N) is 3. The molecule has 1 saturated carbocycles. The van der Waals surface area contributed by atoms with Crippen molar-refractivity contribution in [2.45, 2.75) is 61.9 Å². The van der Waals surface area contributed by atoms with Crippen LogP contribution in [0.3, 0.4) is 0 Å². The molecule has 4 heterocycles. The van der Waals surface area contributed by atoms with Crippen LogP contribution >= 0.6 is 0 Å². The molecule has 3 aromatic rings. The predicted molar refractivity (Wildman–Crippen MR) is 149 cm³/mol. The first-order chi connectivity index (χ1) is 20.1. The molecule has 2 aromatic heterocycles. The third-order valence-electron chi connectivity index (χ3n) is 9.56. The van der Waals surface area contributed by atoms with Crippen LogP contribution in [0.4, 0.5) is 20.3 Å². The first-order valence-electron chi connectivity index (χ1n) is 14.2. The summed E-state index contributed by atoms with van der Waals surface area (Å²) in [5, 5.41) is 9.11. The summed E-state index contributed by atoms with van der Waals surface area (Å²) in [6.45, 7) is 1.66. The van der Waals surface area contributed by atoms with Crippen molar-refractivity contribution < 1.29 is 23.2 Å². The fourth-order valence-corrected chi connectivity index (χ4v) is 7.26. The molecule has 7 rings (SSSR count). The Bertz CT molecular complexity index is 1640. The van der Waals surface area contributed by atoms with E-state index in [4.69, 9.17) is 0 Å². The molecule has 9 nitrogen and oxygen atoms in total. The minimum atomic E-state index is -1.16. The zero-order valence-corrected chi connectivity index (χ0v) is 23.1. The largest absolute Gasteiger partial charge is 0.323 e. The van der Waals surface area contributed by atoms with Gasteiger partial charge in [-0.3, -0.25) is 19.4 Å². The number of amides is 3. The predicted octanol–water partition coefficient (Wildman–Crippen LogP) is 3.34. The Balaban J connectivity index is 1.14. The van der Waals surface area contributed by atoms with Crippen LogP contribution in [0.2, 0.25) is 0 Å². The van der Waals surface area contributed by atoms with Crippen molar-refractivity contribution in [1.82, 2.24) is 20.2 Å². The van der Waals surface area contributed by atoms with E-state index in [9.17, 15) is 23.2 Å². The molecule has 216 valence electrons. The molecular weight excluding hydrogens is 542 g/mol. The van der Waals surface area contributed by atoms with Crippen LogP contribution < -0.4 is 16.0 Å². The number of piperazine rings is 1. The number of hydrogen-bond acceptors (Lipinski definition) is 6. The van der Waals surface area contributed by atoms with Crippen molar-refractivity contribution in [2.24, 2.45) is 0 Å². The van der Waals surface area contributed by atoms with Crippen LogP contribution in [0.1, 0.15) is 55.0 Å². The maximum absolute atomic E-state index is 14.3. The van der Waals surface area contributed by atoms with Gasteiger partial charge in [-0.05, 0) is 61.6 Å². The molecule has 0 bridgehead atoms. The van der Waals surface area contributed by atoms with Crippen molar-refractivity contribution in [3.05, 3.63) is 82.8 Å². The van der Waals surface area contributed by atoms with Crippen LogP contribution in [0, 0.1) is 11.6 Å². The SMILES string of the molecule is CC1(c2cc(F)cc(F)c2)CNC2(CCCC2)C(=O)N1CC(=O)Nc1cnc2c(c1)CC1(C2)C(=O)Nc2ncccc21. The molecule has 3 amide bonds. The van der Waals surface area contributed by atoms with Crippen LogP contribution in [0.5, 0.6) is 0 Å². The number of carbonyl (C=O) groups excluding carboxylic acids is 3. The van der Waals surface area contributed by atoms with E-state index < -0.39 is 34.0 Å². The van der Waals surface area contributed by atoms with E-state index in [0.29, 0.717) is 37.2 Å². The van der Waals surface area contributed by atoms with Gasteiger partial charge in [-0.1, -0.05) is 18.9 Å². The van der Waals surface area contributed by atoms with E-state index in [1.807, 2.05) is 18.2 Å². The topological polar surface area (TPSA) is 116 Å². The zero-order valence-electron chi connectivity index (χ0n) is 23.1. The summed E-state index contributed by atoms with van der Waals surface area (Å²) in [6.07, 6.45) is 7.08. The molecule has 1 saturated heterocycles. The summed E-state index contributed by atoms with van der Waals surface area (Å²) < 4.78 is 28.5. The van der Waals surface area contributed by atoms with Crippen molar-refractivity contribution in [3.8, 4) is 0 Å². The molecule has 2 unspecified atom stereocenters. The molecule has 2 fully saturated rings. The summed E-state index contributed by atoms with van der Waals surface area (Å²) in [5.74, 6) is -1.76. The fraction of sp³-hybridized carbons (Fsp3) is 0.387. The third kappa shape index (κ3) is 4.01. The van der Waals surface area contributed by atoms with Crippen LogP contribution in [-0.4, -0.2) is 51.2 Å². The van der Waals surface area contributed by atoms with Gasteiger partial charge >= 0.3 is 0 Å². The molecule has 42 heavy (non-hydrogen) atoms. The Morgan fingerprint density at radius 1 is 1.07 bits per heavy atom. The van der Waals surface area contributed by atoms with E-state index >= 15 is 0 Å². The molecule has 2 atom stereocenters. The molecule has 0 radical (unpaired) electrons. The second-order valence-electron chi connectivity index (χ2n) is 12.1. The highest BCUT2D eigenvalue weighted by atomic mass is 19.1. The van der Waals surface area contributed by atoms with Crippen molar-refractivity contribution in [3.63, 3.8) is 0 Å². The number of anilines is 2. The van der Waals surface area contributed by atoms with Gasteiger partial charge in [0.15, 0.2) is 0 Å². The van der Waals surface area contributed by atoms with E-state index in [2.05, 4.69) is 25.9 Å². The van der Waals surface area contributed by atoms with E-state index in [1.165, 1.54) is 17.0 Å². The first-order valence-corrected chi connectivity index (χ1v) is 14.2. The Morgan fingerprint density at radius 2 is 1.83 bits per heavy atom. The van der Waals surface area contributed by atoms with Gasteiger partial charge in [0, 0.05) is 36.5 Å². The lowest BCUT2D eigenvalue weighted by Crippen LogP contribution is -2.71. The van der Waals surface area contributed by atoms with Gasteiger partial charge in [-0.15, -0.1) is 0 Å². The van der Waals surface area contributed by atoms with Crippen LogP contribution in [0.15, 0.2) is 48.8 Å². The molecule has 2 aliphatic carbocycles. The summed E-state index contributed by atoms with van der Waals surface area (Å²) in [5.41, 5.74) is 0.445. The number of fused-ring (bicyclic) bond motifs is 3. The molecule has 1 aromatic carbocycles. The maximum atomic E-state index is 14.3. The quantitative estimate of drug-likeness (QED) is 0.442. The van der Waals surface area contributed by atoms with Crippen molar-refractivity contribution in [1.29, 1.82) is 0 Å². The van der Waals surface area contributed by atoms with Crippen LogP contribution in [0.25, 0.3) is 0 Å². The minimum absolute atomic E-state index is 0.120. The smallest absolute Gasteiger partial charge is 0.244 e. The molecule has 2 spiro atoms. The van der Waals surface area contributed by atoms with Crippen molar-refractivity contribution in [2.75, 3.05) is 23.7 Å². The summed E-state index contributed by atoms with van der Waals surface area (Å²) in [6, 6.07) is 8.73. The second-order valence-corrected chi connectivity index (χ2v) is 12.1. The van der Waals surface area contributed by atoms with Gasteiger partial charge in [0.2, 0.25) is 17.7 Å². The van der Waals surface area contributed by atoms with Gasteiger partial charge in [-0.2, -0.15) is 0 Å². The average Bonchev–Trinajstić information content (AvgIpc) is 3.65. The van der Waals surface area contributed by atoms with Gasteiger partial charge < -0.3 is 20.9 Å². The van der Waals surface area contributed by atoms with E-state index in [0.717, 1.165) is 35.7 Å². The third-order valence-corrected chi connectivity index (χ3v) is 9.56. The molecule has 11 heteroatoms. The molecule has 4 aliphatic rings. The average molecular weight is 573 g/mol. The summed E-state index contributed by atoms with van der Waals surface area (Å²) >= 11 is 0. The Labute approximate surface area is 241 Å². The zero-order chi connectivity index (χ0) is 29.3. The highest BCUT2D eigenvalue weighted by Gasteiger charge is 2.54. The first kappa shape index (κ1) is 26.6. The Morgan fingerprint density at radius 3 is 2.60 bits per heavy atom. The number of hydrogen-bond donors (Lipinski definition) is 3. The number of carbonyl (C=O) groups is 3. The lowest BCUT2D eigenvalue weighted by atomic mass is 9.80. The Hall–Kier alpha value is -4.25. The summed E-state index contributed by atoms with van der Waals surface area (Å²) in [7, 11) is 0. The number of nitrogens with zero attached hydrogens (tertiary/aromatic N) is 3. The monoisotopic (exact) mass is 572 g/mol. The normalized spacial score (nSPS) is 25.5. The number of benzene rings is 1. The van der Waals surface area contributed by atoms with Gasteiger partial charge in [0.05, 0.1) is 28.4 Å². The van der Waals surface area contributed by atoms with Gasteiger partial charge in [0.1, 0.15) is 24.0 Å². The van der Waals surface area contributed by atoms with Gasteiger partial charge in [0.25, 0.3) is 0 Å². The molecule has 2 aliphatic heterocycles. The number of halogens is 2. The van der Waals surface area contributed by atoms with E-state index in [1.54, 1.807) is 19.3 Å². The van der Waals surface area contributed by atoms with Gasteiger partial charge in [-0.25, -0.2) is 13.8 Å². The standard InChI is InChI=1S/C31H30F2N6O3/c1-29(19-10-20(32)12-21(33)11-19)17-36-31(6-2-3-7-31)28(42)39(29)16-25(40)37-22-9-18-13-30(14-24(18)35-15-22)23-5-4-8-34-26(23)38-27(30)41/h4-5,8-12,15,36H,2-3,6-7,13-14,16-17H2,1H3,(H,37,40)(H,34,38,41). The fourth-order valence-electron chi connectivity index (χ4n) is 7.26. The van der Waals surface area contributed by atoms with Crippen molar-refractivity contribution >= 4 is 29.2 Å². The molecular formula is C31H30F2N6O3. The lowest BCUT2D eigenvalue weighted by molar-refractivity contribution is -0.153. The Kier molecular flexibility index (Phi) is 5.95.